The van der Waals surface area contributed by atoms with Crippen molar-refractivity contribution in [3.05, 3.63) is 64.1 Å². The zero-order valence-corrected chi connectivity index (χ0v) is 13.1. The molecule has 0 bridgehead atoms. The Balaban J connectivity index is 2.26. The van der Waals surface area contributed by atoms with Crippen LogP contribution in [0.3, 0.4) is 0 Å². The molecule has 6 heteroatoms. The van der Waals surface area contributed by atoms with Crippen LogP contribution < -0.4 is 4.90 Å². The third-order valence-electron chi connectivity index (χ3n) is 3.17. The number of hydrogen-bond acceptors (Lipinski definition) is 4. The predicted molar refractivity (Wildman–Crippen MR) is 83.6 cm³/mol. The number of hydrogen-bond donors (Lipinski definition) is 0. The van der Waals surface area contributed by atoms with Gasteiger partial charge in [0.25, 0.3) is 0 Å². The lowest BCUT2D eigenvalue weighted by Crippen LogP contribution is -2.21. The Kier molecular flexibility index (Phi) is 3.32. The minimum absolute atomic E-state index is 0.145. The van der Waals surface area contributed by atoms with Crippen LogP contribution in [0.4, 0.5) is 11.4 Å². The van der Waals surface area contributed by atoms with E-state index in [9.17, 15) is 8.42 Å². The molecule has 1 aliphatic rings. The second-order valence-electron chi connectivity index (χ2n) is 4.42. The van der Waals surface area contributed by atoms with E-state index in [2.05, 4.69) is 15.9 Å². The van der Waals surface area contributed by atoms with Gasteiger partial charge in [0.15, 0.2) is 4.91 Å². The molecule has 0 fully saturated rings. The lowest BCUT2D eigenvalue weighted by molar-refractivity contribution is 0.602. The second kappa shape index (κ2) is 5.02. The molecule has 0 unspecified atom stereocenters. The summed E-state index contributed by atoms with van der Waals surface area (Å²) in [5.41, 5.74) is 1.33. The summed E-state index contributed by atoms with van der Waals surface area (Å²) in [5.74, 6) is 0. The molecule has 2 aromatic rings. The molecular weight excluding hydrogens is 352 g/mol. The lowest BCUT2D eigenvalue weighted by atomic mass is 10.2. The van der Waals surface area contributed by atoms with Gasteiger partial charge in [0.1, 0.15) is 6.07 Å². The summed E-state index contributed by atoms with van der Waals surface area (Å²) in [7, 11) is -3.73. The Morgan fingerprint density at radius 1 is 1.05 bits per heavy atom. The highest BCUT2D eigenvalue weighted by atomic mass is 79.9. The number of allylic oxidation sites excluding steroid dienone is 1. The molecule has 0 radical (unpaired) electrons. The molecule has 3 rings (SSSR count). The van der Waals surface area contributed by atoms with E-state index in [1.807, 2.05) is 24.3 Å². The van der Waals surface area contributed by atoms with Gasteiger partial charge in [-0.3, -0.25) is 0 Å². The van der Waals surface area contributed by atoms with Crippen LogP contribution in [0, 0.1) is 11.3 Å². The SMILES string of the molecule is N#CC1=CN(c2ccc(Br)cc2)c2ccccc2S1(=O)=O. The first-order valence-electron chi connectivity index (χ1n) is 6.05. The van der Waals surface area contributed by atoms with Crippen LogP contribution in [0.25, 0.3) is 0 Å². The molecule has 0 saturated heterocycles. The van der Waals surface area contributed by atoms with Gasteiger partial charge >= 0.3 is 0 Å². The molecule has 0 aliphatic carbocycles. The number of benzene rings is 2. The monoisotopic (exact) mass is 360 g/mol. The van der Waals surface area contributed by atoms with E-state index in [1.54, 1.807) is 29.2 Å². The number of fused-ring (bicyclic) bond motifs is 1. The molecule has 0 amide bonds. The van der Waals surface area contributed by atoms with Crippen molar-refractivity contribution < 1.29 is 8.42 Å². The highest BCUT2D eigenvalue weighted by Crippen LogP contribution is 2.39. The van der Waals surface area contributed by atoms with Crippen molar-refractivity contribution in [2.75, 3.05) is 4.90 Å². The molecule has 1 heterocycles. The summed E-state index contributed by atoms with van der Waals surface area (Å²) >= 11 is 3.36. The average Bonchev–Trinajstić information content (AvgIpc) is 2.49. The largest absolute Gasteiger partial charge is 0.314 e. The van der Waals surface area contributed by atoms with Crippen LogP contribution >= 0.6 is 15.9 Å². The molecule has 0 N–H and O–H groups in total. The summed E-state index contributed by atoms with van der Waals surface area (Å²) < 4.78 is 25.6. The van der Waals surface area contributed by atoms with Gasteiger partial charge in [0.05, 0.1) is 10.6 Å². The van der Waals surface area contributed by atoms with Crippen LogP contribution in [0.5, 0.6) is 0 Å². The van der Waals surface area contributed by atoms with Gasteiger partial charge in [-0.2, -0.15) is 5.26 Å². The minimum Gasteiger partial charge on any atom is -0.314 e. The summed E-state index contributed by atoms with van der Waals surface area (Å²) in [6.45, 7) is 0. The van der Waals surface area contributed by atoms with Gasteiger partial charge in [-0.05, 0) is 36.4 Å². The Morgan fingerprint density at radius 2 is 1.71 bits per heavy atom. The maximum Gasteiger partial charge on any atom is 0.220 e. The van der Waals surface area contributed by atoms with E-state index in [1.165, 1.54) is 12.3 Å². The van der Waals surface area contributed by atoms with Gasteiger partial charge < -0.3 is 4.90 Å². The fraction of sp³-hybridized carbons (Fsp3) is 0. The summed E-state index contributed by atoms with van der Waals surface area (Å²) in [5, 5.41) is 9.13. The minimum atomic E-state index is -3.73. The van der Waals surface area contributed by atoms with E-state index < -0.39 is 9.84 Å². The van der Waals surface area contributed by atoms with E-state index >= 15 is 0 Å². The van der Waals surface area contributed by atoms with Crippen molar-refractivity contribution in [2.45, 2.75) is 4.90 Å². The first-order chi connectivity index (χ1) is 10.0. The molecule has 104 valence electrons. The zero-order chi connectivity index (χ0) is 15.0. The standard InChI is InChI=1S/C15H9BrN2O2S/c16-11-5-7-12(8-6-11)18-10-13(9-17)21(19,20)15-4-2-1-3-14(15)18/h1-8,10H. The van der Waals surface area contributed by atoms with Gasteiger partial charge in [0, 0.05) is 16.4 Å². The Labute approximate surface area is 131 Å². The number of rotatable bonds is 1. The molecular formula is C15H9BrN2O2S. The van der Waals surface area contributed by atoms with Crippen LogP contribution in [-0.4, -0.2) is 8.42 Å². The quantitative estimate of drug-likeness (QED) is 0.776. The van der Waals surface area contributed by atoms with Crippen molar-refractivity contribution in [2.24, 2.45) is 0 Å². The van der Waals surface area contributed by atoms with Crippen LogP contribution in [0.1, 0.15) is 0 Å². The van der Waals surface area contributed by atoms with Crippen molar-refractivity contribution in [3.63, 3.8) is 0 Å². The topological polar surface area (TPSA) is 61.2 Å². The van der Waals surface area contributed by atoms with Crippen LogP contribution in [-0.2, 0) is 9.84 Å². The van der Waals surface area contributed by atoms with E-state index in [0.717, 1.165) is 10.2 Å². The normalized spacial score (nSPS) is 15.8. The van der Waals surface area contributed by atoms with Crippen molar-refractivity contribution in [1.82, 2.24) is 0 Å². The van der Waals surface area contributed by atoms with Crippen molar-refractivity contribution in [1.29, 1.82) is 5.26 Å². The van der Waals surface area contributed by atoms with Gasteiger partial charge in [-0.15, -0.1) is 0 Å². The number of sulfone groups is 1. The van der Waals surface area contributed by atoms with Crippen molar-refractivity contribution in [3.8, 4) is 6.07 Å². The summed E-state index contributed by atoms with van der Waals surface area (Å²) in [4.78, 5) is 1.59. The van der Waals surface area contributed by atoms with Crippen LogP contribution in [0.15, 0.2) is 69.0 Å². The van der Waals surface area contributed by atoms with E-state index in [4.69, 9.17) is 5.26 Å². The molecule has 0 atom stereocenters. The number of nitriles is 1. The van der Waals surface area contributed by atoms with Crippen LogP contribution in [0.2, 0.25) is 0 Å². The molecule has 0 aromatic heterocycles. The molecule has 21 heavy (non-hydrogen) atoms. The molecule has 1 aliphatic heterocycles. The zero-order valence-electron chi connectivity index (χ0n) is 10.7. The van der Waals surface area contributed by atoms with Gasteiger partial charge in [-0.25, -0.2) is 8.42 Å². The molecule has 0 spiro atoms. The highest BCUT2D eigenvalue weighted by molar-refractivity contribution is 9.10. The predicted octanol–water partition coefficient (Wildman–Crippen LogP) is 3.74. The average molecular weight is 361 g/mol. The fourth-order valence-electron chi connectivity index (χ4n) is 2.16. The van der Waals surface area contributed by atoms with E-state index in [0.29, 0.717) is 5.69 Å². The third kappa shape index (κ3) is 2.24. The molecule has 4 nitrogen and oxygen atoms in total. The Bertz CT molecular complexity index is 881. The van der Waals surface area contributed by atoms with Crippen molar-refractivity contribution >= 4 is 37.1 Å². The van der Waals surface area contributed by atoms with Gasteiger partial charge in [0.2, 0.25) is 9.84 Å². The fourth-order valence-corrected chi connectivity index (χ4v) is 3.73. The lowest BCUT2D eigenvalue weighted by Gasteiger charge is -2.27. The maximum atomic E-state index is 12.3. The van der Waals surface area contributed by atoms with E-state index in [-0.39, 0.29) is 9.80 Å². The summed E-state index contributed by atoms with van der Waals surface area (Å²) in [6.07, 6.45) is 1.36. The molecule has 0 saturated carbocycles. The second-order valence-corrected chi connectivity index (χ2v) is 7.22. The first-order valence-corrected chi connectivity index (χ1v) is 8.32. The number of para-hydroxylation sites is 1. The highest BCUT2D eigenvalue weighted by Gasteiger charge is 2.31. The number of anilines is 2. The smallest absolute Gasteiger partial charge is 0.220 e. The maximum absolute atomic E-state index is 12.3. The Morgan fingerprint density at radius 3 is 2.38 bits per heavy atom. The number of halogens is 1. The molecule has 2 aromatic carbocycles. The summed E-state index contributed by atoms with van der Waals surface area (Å²) in [6, 6.07) is 15.9. The number of nitrogens with zero attached hydrogens (tertiary/aromatic N) is 2. The Hall–Kier alpha value is -2.10. The first kappa shape index (κ1) is 13.9. The third-order valence-corrected chi connectivity index (χ3v) is 5.39. The van der Waals surface area contributed by atoms with Gasteiger partial charge in [-0.1, -0.05) is 28.1 Å².